The molecule has 7 nitrogen and oxygen atoms in total. The Morgan fingerprint density at radius 1 is 1.21 bits per heavy atom. The van der Waals surface area contributed by atoms with Gasteiger partial charge in [-0.1, -0.05) is 6.07 Å². The zero-order chi connectivity index (χ0) is 17.5. The molecule has 2 rings (SSSR count). The quantitative estimate of drug-likeness (QED) is 0.816. The van der Waals surface area contributed by atoms with Gasteiger partial charge in [-0.15, -0.1) is 0 Å². The van der Waals surface area contributed by atoms with Crippen LogP contribution >= 0.6 is 0 Å². The van der Waals surface area contributed by atoms with Crippen LogP contribution in [0.25, 0.3) is 0 Å². The first kappa shape index (κ1) is 17.5. The number of carbonyl (C=O) groups excluding carboxylic acids is 1. The average molecular weight is 331 g/mol. The summed E-state index contributed by atoms with van der Waals surface area (Å²) < 4.78 is 11.7. The molecule has 0 atom stereocenters. The number of amides is 1. The van der Waals surface area contributed by atoms with Crippen molar-refractivity contribution in [3.8, 4) is 11.5 Å². The van der Waals surface area contributed by atoms with Gasteiger partial charge in [0.25, 0.3) is 5.56 Å². The number of hydrogen-bond acceptors (Lipinski definition) is 5. The molecule has 24 heavy (non-hydrogen) atoms. The second-order valence-electron chi connectivity index (χ2n) is 5.29. The summed E-state index contributed by atoms with van der Waals surface area (Å²) in [5.41, 5.74) is 1.41. The lowest BCUT2D eigenvalue weighted by Crippen LogP contribution is -2.33. The number of benzene rings is 1. The zero-order valence-corrected chi connectivity index (χ0v) is 14.0. The van der Waals surface area contributed by atoms with E-state index in [0.29, 0.717) is 30.2 Å². The lowest BCUT2D eigenvalue weighted by Gasteiger charge is -2.10. The first-order valence-electron chi connectivity index (χ1n) is 7.54. The van der Waals surface area contributed by atoms with Gasteiger partial charge in [-0.3, -0.25) is 14.2 Å². The average Bonchev–Trinajstić information content (AvgIpc) is 2.57. The molecule has 1 amide bonds. The standard InChI is InChI=1S/C17H21N3O4/c1-12-8-17(22)20(11-19-12)10-16(21)18-7-6-13-4-5-14(23-2)15(9-13)24-3/h4-5,8-9,11H,6-7,10H2,1-3H3,(H,18,21). The minimum Gasteiger partial charge on any atom is -0.493 e. The minimum absolute atomic E-state index is 0.0436. The number of aryl methyl sites for hydroxylation is 1. The summed E-state index contributed by atoms with van der Waals surface area (Å²) in [6, 6.07) is 7.02. The summed E-state index contributed by atoms with van der Waals surface area (Å²) in [5.74, 6) is 1.08. The largest absolute Gasteiger partial charge is 0.493 e. The molecule has 1 aromatic carbocycles. The maximum atomic E-state index is 11.9. The molecule has 0 unspecified atom stereocenters. The third kappa shape index (κ3) is 4.58. The van der Waals surface area contributed by atoms with E-state index in [0.717, 1.165) is 5.56 Å². The van der Waals surface area contributed by atoms with Crippen LogP contribution in [0.5, 0.6) is 11.5 Å². The predicted octanol–water partition coefficient (Wildman–Crippen LogP) is 0.928. The molecular formula is C17H21N3O4. The molecule has 0 bridgehead atoms. The molecule has 0 aliphatic heterocycles. The summed E-state index contributed by atoms with van der Waals surface area (Å²) in [7, 11) is 3.16. The van der Waals surface area contributed by atoms with E-state index >= 15 is 0 Å². The van der Waals surface area contributed by atoms with Crippen LogP contribution in [-0.4, -0.2) is 36.2 Å². The number of ether oxygens (including phenoxy) is 2. The molecule has 0 spiro atoms. The van der Waals surface area contributed by atoms with E-state index in [2.05, 4.69) is 10.3 Å². The number of hydrogen-bond donors (Lipinski definition) is 1. The van der Waals surface area contributed by atoms with Crippen LogP contribution in [0.15, 0.2) is 35.4 Å². The molecule has 1 heterocycles. The van der Waals surface area contributed by atoms with E-state index in [1.54, 1.807) is 21.1 Å². The Balaban J connectivity index is 1.87. The van der Waals surface area contributed by atoms with Crippen molar-refractivity contribution in [2.75, 3.05) is 20.8 Å². The molecule has 128 valence electrons. The maximum Gasteiger partial charge on any atom is 0.253 e. The highest BCUT2D eigenvalue weighted by Gasteiger charge is 2.07. The molecule has 0 aliphatic rings. The highest BCUT2D eigenvalue weighted by Crippen LogP contribution is 2.27. The van der Waals surface area contributed by atoms with Gasteiger partial charge in [-0.05, 0) is 31.0 Å². The Morgan fingerprint density at radius 3 is 2.62 bits per heavy atom. The topological polar surface area (TPSA) is 82.5 Å². The van der Waals surface area contributed by atoms with Crippen molar-refractivity contribution in [2.45, 2.75) is 19.9 Å². The van der Waals surface area contributed by atoms with E-state index < -0.39 is 0 Å². The molecule has 7 heteroatoms. The van der Waals surface area contributed by atoms with Crippen molar-refractivity contribution in [1.29, 1.82) is 0 Å². The van der Waals surface area contributed by atoms with Crippen LogP contribution < -0.4 is 20.3 Å². The second-order valence-corrected chi connectivity index (χ2v) is 5.29. The summed E-state index contributed by atoms with van der Waals surface area (Å²) in [6.45, 7) is 2.15. The number of rotatable bonds is 7. The molecule has 2 aromatic rings. The number of carbonyl (C=O) groups is 1. The lowest BCUT2D eigenvalue weighted by atomic mass is 10.1. The van der Waals surface area contributed by atoms with Crippen molar-refractivity contribution >= 4 is 5.91 Å². The van der Waals surface area contributed by atoms with Gasteiger partial charge < -0.3 is 14.8 Å². The van der Waals surface area contributed by atoms with Crippen molar-refractivity contribution in [3.63, 3.8) is 0 Å². The van der Waals surface area contributed by atoms with Crippen molar-refractivity contribution in [2.24, 2.45) is 0 Å². The van der Waals surface area contributed by atoms with Gasteiger partial charge in [0, 0.05) is 18.3 Å². The summed E-state index contributed by atoms with van der Waals surface area (Å²) in [5, 5.41) is 2.79. The highest BCUT2D eigenvalue weighted by molar-refractivity contribution is 5.75. The van der Waals surface area contributed by atoms with Crippen molar-refractivity contribution in [3.05, 3.63) is 52.2 Å². The third-order valence-electron chi connectivity index (χ3n) is 3.51. The SMILES string of the molecule is COc1ccc(CCNC(=O)Cn2cnc(C)cc2=O)cc1OC. The number of nitrogens with one attached hydrogen (secondary N) is 1. The van der Waals surface area contributed by atoms with Gasteiger partial charge in [0.2, 0.25) is 5.91 Å². The van der Waals surface area contributed by atoms with Crippen LogP contribution in [0.2, 0.25) is 0 Å². The van der Waals surface area contributed by atoms with Crippen LogP contribution in [0.4, 0.5) is 0 Å². The summed E-state index contributed by atoms with van der Waals surface area (Å²) in [4.78, 5) is 27.7. The van der Waals surface area contributed by atoms with Gasteiger partial charge in [0.05, 0.1) is 20.5 Å². The Hall–Kier alpha value is -2.83. The highest BCUT2D eigenvalue weighted by atomic mass is 16.5. The molecule has 0 radical (unpaired) electrons. The number of nitrogens with zero attached hydrogens (tertiary/aromatic N) is 2. The fourth-order valence-electron chi connectivity index (χ4n) is 2.23. The molecule has 1 N–H and O–H groups in total. The normalized spacial score (nSPS) is 10.3. The molecule has 1 aromatic heterocycles. The monoisotopic (exact) mass is 331 g/mol. The molecule has 0 fully saturated rings. The molecular weight excluding hydrogens is 310 g/mol. The Bertz CT molecular complexity index is 771. The Labute approximate surface area is 140 Å². The van der Waals surface area contributed by atoms with E-state index in [-0.39, 0.29) is 18.0 Å². The number of aromatic nitrogens is 2. The smallest absolute Gasteiger partial charge is 0.253 e. The first-order chi connectivity index (χ1) is 11.5. The van der Waals surface area contributed by atoms with E-state index in [4.69, 9.17) is 9.47 Å². The molecule has 0 saturated carbocycles. The van der Waals surface area contributed by atoms with Crippen LogP contribution in [-0.2, 0) is 17.8 Å². The van der Waals surface area contributed by atoms with Crippen molar-refractivity contribution < 1.29 is 14.3 Å². The zero-order valence-electron chi connectivity index (χ0n) is 14.0. The van der Waals surface area contributed by atoms with Gasteiger partial charge in [-0.25, -0.2) is 4.98 Å². The third-order valence-corrected chi connectivity index (χ3v) is 3.51. The summed E-state index contributed by atoms with van der Waals surface area (Å²) >= 11 is 0. The fraction of sp³-hybridized carbons (Fsp3) is 0.353. The summed E-state index contributed by atoms with van der Waals surface area (Å²) in [6.07, 6.45) is 2.03. The fourth-order valence-corrected chi connectivity index (χ4v) is 2.23. The van der Waals surface area contributed by atoms with E-state index in [1.807, 2.05) is 18.2 Å². The second kappa shape index (κ2) is 8.14. The Morgan fingerprint density at radius 2 is 1.96 bits per heavy atom. The van der Waals surface area contributed by atoms with Crippen LogP contribution in [0.1, 0.15) is 11.3 Å². The van der Waals surface area contributed by atoms with E-state index in [9.17, 15) is 9.59 Å². The van der Waals surface area contributed by atoms with Gasteiger partial charge >= 0.3 is 0 Å². The van der Waals surface area contributed by atoms with Gasteiger partial charge in [-0.2, -0.15) is 0 Å². The Kier molecular flexibility index (Phi) is 5.95. The number of methoxy groups -OCH3 is 2. The van der Waals surface area contributed by atoms with Gasteiger partial charge in [0.15, 0.2) is 11.5 Å². The minimum atomic E-state index is -0.238. The van der Waals surface area contributed by atoms with Crippen molar-refractivity contribution in [1.82, 2.24) is 14.9 Å². The van der Waals surface area contributed by atoms with Crippen LogP contribution in [0, 0.1) is 6.92 Å². The van der Waals surface area contributed by atoms with Crippen LogP contribution in [0.3, 0.4) is 0 Å². The maximum absolute atomic E-state index is 11.9. The molecule has 0 aliphatic carbocycles. The van der Waals surface area contributed by atoms with E-state index in [1.165, 1.54) is 17.0 Å². The van der Waals surface area contributed by atoms with Gasteiger partial charge in [0.1, 0.15) is 6.54 Å². The molecule has 0 saturated heterocycles. The lowest BCUT2D eigenvalue weighted by molar-refractivity contribution is -0.121. The first-order valence-corrected chi connectivity index (χ1v) is 7.54. The predicted molar refractivity (Wildman–Crippen MR) is 89.5 cm³/mol.